The number of rotatable bonds is 5. The van der Waals surface area contributed by atoms with Crippen LogP contribution in [-0.2, 0) is 0 Å². The molecule has 0 aliphatic carbocycles. The van der Waals surface area contributed by atoms with Crippen LogP contribution in [0.25, 0.3) is 16.7 Å². The standard InChI is InChI=1S/C19H17N3O4/c1-3-10-21-18(24)15-16(23)14-5-4-11-20-17(14)22(19(15)25)12-6-8-13(26-2)9-7-12/h3-9,11,23H,1,10H2,2H3,(H,21,24). The average Bonchev–Trinajstić information content (AvgIpc) is 2.67. The Hall–Kier alpha value is -3.61. The second-order valence-electron chi connectivity index (χ2n) is 5.44. The highest BCUT2D eigenvalue weighted by atomic mass is 16.5. The molecule has 0 radical (unpaired) electrons. The third kappa shape index (κ3) is 2.90. The second kappa shape index (κ2) is 7.10. The number of fused-ring (bicyclic) bond motifs is 1. The van der Waals surface area contributed by atoms with Crippen molar-refractivity contribution in [3.8, 4) is 17.2 Å². The van der Waals surface area contributed by atoms with Crippen LogP contribution in [0.1, 0.15) is 10.4 Å². The Morgan fingerprint density at radius 2 is 2.08 bits per heavy atom. The quantitative estimate of drug-likeness (QED) is 0.686. The highest BCUT2D eigenvalue weighted by Gasteiger charge is 2.23. The van der Waals surface area contributed by atoms with E-state index in [1.165, 1.54) is 16.8 Å². The maximum atomic E-state index is 13.0. The van der Waals surface area contributed by atoms with Gasteiger partial charge in [-0.05, 0) is 36.4 Å². The molecule has 0 aliphatic heterocycles. The number of ether oxygens (including phenoxy) is 1. The van der Waals surface area contributed by atoms with Crippen LogP contribution in [0.2, 0.25) is 0 Å². The van der Waals surface area contributed by atoms with Gasteiger partial charge in [-0.1, -0.05) is 6.08 Å². The maximum Gasteiger partial charge on any atom is 0.273 e. The van der Waals surface area contributed by atoms with Crippen LogP contribution < -0.4 is 15.6 Å². The van der Waals surface area contributed by atoms with Gasteiger partial charge in [0.15, 0.2) is 5.65 Å². The number of methoxy groups -OCH3 is 1. The first-order valence-electron chi connectivity index (χ1n) is 7.84. The number of carbonyl (C=O) groups excluding carboxylic acids is 1. The molecule has 1 amide bonds. The fourth-order valence-corrected chi connectivity index (χ4v) is 2.63. The van der Waals surface area contributed by atoms with Gasteiger partial charge in [0.1, 0.15) is 17.1 Å². The van der Waals surface area contributed by atoms with E-state index in [0.717, 1.165) is 0 Å². The van der Waals surface area contributed by atoms with Crippen LogP contribution in [0, 0.1) is 0 Å². The summed E-state index contributed by atoms with van der Waals surface area (Å²) in [6, 6.07) is 9.97. The summed E-state index contributed by atoms with van der Waals surface area (Å²) in [4.78, 5) is 29.6. The number of pyridine rings is 2. The normalized spacial score (nSPS) is 10.5. The number of hydrogen-bond donors (Lipinski definition) is 2. The Morgan fingerprint density at radius 1 is 1.35 bits per heavy atom. The van der Waals surface area contributed by atoms with Gasteiger partial charge in [-0.2, -0.15) is 0 Å². The first-order valence-corrected chi connectivity index (χ1v) is 7.84. The zero-order chi connectivity index (χ0) is 18.7. The molecule has 1 aromatic carbocycles. The highest BCUT2D eigenvalue weighted by molar-refractivity contribution is 6.02. The number of nitrogens with zero attached hydrogens (tertiary/aromatic N) is 2. The number of aromatic hydroxyl groups is 1. The Morgan fingerprint density at radius 3 is 2.73 bits per heavy atom. The topological polar surface area (TPSA) is 93.5 Å². The van der Waals surface area contributed by atoms with E-state index < -0.39 is 17.2 Å². The molecule has 2 aromatic heterocycles. The van der Waals surface area contributed by atoms with Gasteiger partial charge >= 0.3 is 0 Å². The first-order chi connectivity index (χ1) is 12.6. The van der Waals surface area contributed by atoms with E-state index in [2.05, 4.69) is 16.9 Å². The molecule has 0 bridgehead atoms. The number of aromatic nitrogens is 2. The average molecular weight is 351 g/mol. The van der Waals surface area contributed by atoms with E-state index >= 15 is 0 Å². The Labute approximate surface area is 149 Å². The lowest BCUT2D eigenvalue weighted by Gasteiger charge is -2.14. The van der Waals surface area contributed by atoms with Crippen molar-refractivity contribution in [3.05, 3.63) is 71.2 Å². The predicted octanol–water partition coefficient (Wildman–Crippen LogP) is 2.02. The van der Waals surface area contributed by atoms with Crippen molar-refractivity contribution < 1.29 is 14.6 Å². The van der Waals surface area contributed by atoms with Gasteiger partial charge in [-0.3, -0.25) is 14.2 Å². The molecule has 0 spiro atoms. The third-order valence-corrected chi connectivity index (χ3v) is 3.87. The fraction of sp³-hybridized carbons (Fsp3) is 0.105. The summed E-state index contributed by atoms with van der Waals surface area (Å²) in [6.45, 7) is 3.69. The van der Waals surface area contributed by atoms with Crippen molar-refractivity contribution in [1.82, 2.24) is 14.9 Å². The summed E-state index contributed by atoms with van der Waals surface area (Å²) >= 11 is 0. The van der Waals surface area contributed by atoms with Crippen molar-refractivity contribution in [2.45, 2.75) is 0 Å². The molecular formula is C19H17N3O4. The Bertz CT molecular complexity index is 1040. The summed E-state index contributed by atoms with van der Waals surface area (Å²) < 4.78 is 6.42. The van der Waals surface area contributed by atoms with Crippen LogP contribution in [0.15, 0.2) is 60.0 Å². The van der Waals surface area contributed by atoms with Gasteiger partial charge in [-0.15, -0.1) is 6.58 Å². The largest absolute Gasteiger partial charge is 0.506 e. The van der Waals surface area contributed by atoms with Gasteiger partial charge in [-0.25, -0.2) is 4.98 Å². The van der Waals surface area contributed by atoms with Crippen LogP contribution in [0.4, 0.5) is 0 Å². The van der Waals surface area contributed by atoms with Crippen molar-refractivity contribution in [1.29, 1.82) is 0 Å². The minimum absolute atomic E-state index is 0.172. The minimum atomic E-state index is -0.680. The summed E-state index contributed by atoms with van der Waals surface area (Å²) in [5.74, 6) is -0.452. The van der Waals surface area contributed by atoms with Crippen LogP contribution in [0.3, 0.4) is 0 Å². The molecule has 132 valence electrons. The molecule has 0 saturated heterocycles. The SMILES string of the molecule is C=CCNC(=O)c1c(O)c2cccnc2n(-c2ccc(OC)cc2)c1=O. The maximum absolute atomic E-state index is 13.0. The van der Waals surface area contributed by atoms with Gasteiger partial charge in [0.2, 0.25) is 0 Å². The van der Waals surface area contributed by atoms with Crippen LogP contribution in [-0.4, -0.2) is 34.2 Å². The van der Waals surface area contributed by atoms with E-state index in [9.17, 15) is 14.7 Å². The van der Waals surface area contributed by atoms with E-state index in [1.807, 2.05) is 0 Å². The number of hydrogen-bond acceptors (Lipinski definition) is 5. The fourth-order valence-electron chi connectivity index (χ4n) is 2.63. The lowest BCUT2D eigenvalue weighted by atomic mass is 10.1. The Kier molecular flexibility index (Phi) is 4.70. The van der Waals surface area contributed by atoms with E-state index in [0.29, 0.717) is 16.8 Å². The lowest BCUT2D eigenvalue weighted by molar-refractivity contribution is 0.0954. The zero-order valence-electron chi connectivity index (χ0n) is 14.1. The molecule has 0 saturated carbocycles. The highest BCUT2D eigenvalue weighted by Crippen LogP contribution is 2.27. The number of nitrogens with one attached hydrogen (secondary N) is 1. The molecule has 3 aromatic rings. The number of carbonyl (C=O) groups is 1. The van der Waals surface area contributed by atoms with Gasteiger partial charge in [0.05, 0.1) is 18.2 Å². The molecular weight excluding hydrogens is 334 g/mol. The second-order valence-corrected chi connectivity index (χ2v) is 5.44. The molecule has 7 heteroatoms. The van der Waals surface area contributed by atoms with Crippen LogP contribution in [0.5, 0.6) is 11.5 Å². The van der Waals surface area contributed by atoms with Crippen molar-refractivity contribution in [2.75, 3.05) is 13.7 Å². The van der Waals surface area contributed by atoms with E-state index in [1.54, 1.807) is 43.5 Å². The molecule has 7 nitrogen and oxygen atoms in total. The minimum Gasteiger partial charge on any atom is -0.506 e. The summed E-state index contributed by atoms with van der Waals surface area (Å²) in [5, 5.41) is 13.3. The summed E-state index contributed by atoms with van der Waals surface area (Å²) in [5.41, 5.74) is -0.263. The molecule has 0 unspecified atom stereocenters. The molecule has 26 heavy (non-hydrogen) atoms. The smallest absolute Gasteiger partial charge is 0.273 e. The monoisotopic (exact) mass is 351 g/mol. The third-order valence-electron chi connectivity index (χ3n) is 3.87. The van der Waals surface area contributed by atoms with Gasteiger partial charge in [0, 0.05) is 12.7 Å². The van der Waals surface area contributed by atoms with E-state index in [4.69, 9.17) is 4.74 Å². The Balaban J connectivity index is 2.31. The first kappa shape index (κ1) is 17.2. The molecule has 0 atom stereocenters. The van der Waals surface area contributed by atoms with Crippen molar-refractivity contribution in [3.63, 3.8) is 0 Å². The zero-order valence-corrected chi connectivity index (χ0v) is 14.1. The van der Waals surface area contributed by atoms with Crippen molar-refractivity contribution >= 4 is 16.9 Å². The molecule has 0 aliphatic rings. The van der Waals surface area contributed by atoms with Gasteiger partial charge < -0.3 is 15.2 Å². The van der Waals surface area contributed by atoms with Crippen LogP contribution >= 0.6 is 0 Å². The molecule has 3 rings (SSSR count). The molecule has 2 heterocycles. The van der Waals surface area contributed by atoms with Gasteiger partial charge in [0.25, 0.3) is 11.5 Å². The number of amides is 1. The predicted molar refractivity (Wildman–Crippen MR) is 98.1 cm³/mol. The lowest BCUT2D eigenvalue weighted by Crippen LogP contribution is -2.33. The summed E-state index contributed by atoms with van der Waals surface area (Å²) in [7, 11) is 1.54. The summed E-state index contributed by atoms with van der Waals surface area (Å²) in [6.07, 6.45) is 3.00. The molecule has 2 N–H and O–H groups in total. The van der Waals surface area contributed by atoms with Crippen molar-refractivity contribution in [2.24, 2.45) is 0 Å². The van der Waals surface area contributed by atoms with E-state index in [-0.39, 0.29) is 17.8 Å². The number of benzene rings is 1. The molecule has 0 fully saturated rings.